The van der Waals surface area contributed by atoms with E-state index in [4.69, 9.17) is 23.2 Å². The van der Waals surface area contributed by atoms with E-state index in [0.29, 0.717) is 17.9 Å². The van der Waals surface area contributed by atoms with Gasteiger partial charge in [0.1, 0.15) is 10.8 Å². The molecule has 126 valence electrons. The number of aromatic hydroxyl groups is 1. The lowest BCUT2D eigenvalue weighted by atomic mass is 9.68. The molecule has 0 aliphatic heterocycles. The summed E-state index contributed by atoms with van der Waals surface area (Å²) in [7, 11) is 0. The van der Waals surface area contributed by atoms with Crippen molar-refractivity contribution in [2.45, 2.75) is 64.7 Å². The second-order valence-electron chi connectivity index (χ2n) is 7.16. The van der Waals surface area contributed by atoms with Crippen LogP contribution in [-0.2, 0) is 6.42 Å². The third kappa shape index (κ3) is 2.78. The van der Waals surface area contributed by atoms with E-state index in [-0.39, 0.29) is 27.0 Å². The van der Waals surface area contributed by atoms with Gasteiger partial charge >= 0.3 is 0 Å². The van der Waals surface area contributed by atoms with E-state index >= 15 is 0 Å². The van der Waals surface area contributed by atoms with Crippen LogP contribution in [0, 0.1) is 11.3 Å². The van der Waals surface area contributed by atoms with Crippen LogP contribution in [0.4, 0.5) is 0 Å². The van der Waals surface area contributed by atoms with Gasteiger partial charge in [-0.1, -0.05) is 62.2 Å². The van der Waals surface area contributed by atoms with Crippen molar-refractivity contribution in [3.8, 4) is 5.75 Å². The number of carbonyl (C=O) groups excluding carboxylic acids is 1. The van der Waals surface area contributed by atoms with Crippen molar-refractivity contribution in [2.24, 2.45) is 11.3 Å². The molecule has 0 amide bonds. The van der Waals surface area contributed by atoms with Gasteiger partial charge in [0.15, 0.2) is 5.78 Å². The van der Waals surface area contributed by atoms with Crippen LogP contribution >= 0.6 is 23.2 Å². The van der Waals surface area contributed by atoms with Crippen LogP contribution in [0.15, 0.2) is 6.07 Å². The average Bonchev–Trinajstić information content (AvgIpc) is 3.14. The van der Waals surface area contributed by atoms with Crippen LogP contribution in [0.5, 0.6) is 5.75 Å². The summed E-state index contributed by atoms with van der Waals surface area (Å²) < 4.78 is 0. The maximum absolute atomic E-state index is 13.4. The van der Waals surface area contributed by atoms with Crippen LogP contribution in [0.2, 0.25) is 10.0 Å². The summed E-state index contributed by atoms with van der Waals surface area (Å²) in [6, 6.07) is 1.65. The van der Waals surface area contributed by atoms with Gasteiger partial charge in [-0.05, 0) is 43.2 Å². The maximum atomic E-state index is 13.4. The lowest BCUT2D eigenvalue weighted by molar-refractivity contribution is 0.0670. The molecule has 2 aliphatic carbocycles. The lowest BCUT2D eigenvalue weighted by Crippen LogP contribution is -2.35. The van der Waals surface area contributed by atoms with Crippen molar-refractivity contribution in [3.63, 3.8) is 0 Å². The zero-order valence-corrected chi connectivity index (χ0v) is 15.1. The smallest absolute Gasteiger partial charge is 0.171 e. The molecule has 3 rings (SSSR count). The largest absolute Gasteiger partial charge is 0.506 e. The standard InChI is InChI=1S/C19H24Cl2O2/c1-2-3-6-9-19(13-7-4-5-8-13)11-12-10-14(22)16(20)17(21)15(12)18(19)23/h10,13,22H,2-9,11H2,1H3. The predicted molar refractivity (Wildman–Crippen MR) is 94.7 cm³/mol. The minimum absolute atomic E-state index is 0.0148. The Morgan fingerprint density at radius 1 is 1.22 bits per heavy atom. The Morgan fingerprint density at radius 2 is 1.91 bits per heavy atom. The number of phenols is 1. The molecule has 1 saturated carbocycles. The van der Waals surface area contributed by atoms with Crippen LogP contribution in [-0.4, -0.2) is 10.9 Å². The van der Waals surface area contributed by atoms with Crippen LogP contribution in [0.25, 0.3) is 0 Å². The van der Waals surface area contributed by atoms with Gasteiger partial charge in [-0.2, -0.15) is 0 Å². The summed E-state index contributed by atoms with van der Waals surface area (Å²) in [6.07, 6.45) is 9.68. The van der Waals surface area contributed by atoms with Crippen molar-refractivity contribution >= 4 is 29.0 Å². The van der Waals surface area contributed by atoms with Crippen molar-refractivity contribution in [3.05, 3.63) is 27.2 Å². The van der Waals surface area contributed by atoms with Crippen molar-refractivity contribution in [2.75, 3.05) is 0 Å². The number of hydrogen-bond acceptors (Lipinski definition) is 2. The van der Waals surface area contributed by atoms with E-state index in [1.807, 2.05) is 0 Å². The summed E-state index contributed by atoms with van der Waals surface area (Å²) in [4.78, 5) is 13.4. The number of fused-ring (bicyclic) bond motifs is 1. The van der Waals surface area contributed by atoms with E-state index in [0.717, 1.165) is 44.1 Å². The Bertz CT molecular complexity index is 620. The normalized spacial score (nSPS) is 24.4. The molecule has 1 aromatic carbocycles. The van der Waals surface area contributed by atoms with Gasteiger partial charge in [0.05, 0.1) is 5.02 Å². The van der Waals surface area contributed by atoms with Crippen LogP contribution in [0.3, 0.4) is 0 Å². The molecule has 1 atom stereocenters. The number of hydrogen-bond donors (Lipinski definition) is 1. The van der Waals surface area contributed by atoms with Gasteiger partial charge in [0.25, 0.3) is 0 Å². The average molecular weight is 355 g/mol. The molecule has 23 heavy (non-hydrogen) atoms. The molecule has 1 unspecified atom stereocenters. The number of rotatable bonds is 5. The maximum Gasteiger partial charge on any atom is 0.171 e. The number of halogens is 2. The van der Waals surface area contributed by atoms with Gasteiger partial charge < -0.3 is 5.11 Å². The summed E-state index contributed by atoms with van der Waals surface area (Å²) in [5, 5.41) is 10.3. The van der Waals surface area contributed by atoms with Crippen molar-refractivity contribution in [1.29, 1.82) is 0 Å². The van der Waals surface area contributed by atoms with Gasteiger partial charge in [-0.15, -0.1) is 0 Å². The molecule has 1 N–H and O–H groups in total. The summed E-state index contributed by atoms with van der Waals surface area (Å²) in [5.41, 5.74) is 1.12. The summed E-state index contributed by atoms with van der Waals surface area (Å²) in [5.74, 6) is 0.595. The second-order valence-corrected chi connectivity index (χ2v) is 7.91. The molecule has 0 aromatic heterocycles. The molecule has 1 fully saturated rings. The minimum atomic E-state index is -0.325. The molecule has 0 spiro atoms. The van der Waals surface area contributed by atoms with E-state index in [9.17, 15) is 9.90 Å². The topological polar surface area (TPSA) is 37.3 Å². The monoisotopic (exact) mass is 354 g/mol. The van der Waals surface area contributed by atoms with Crippen molar-refractivity contribution in [1.82, 2.24) is 0 Å². The third-order valence-corrected chi connectivity index (χ3v) is 6.67. The lowest BCUT2D eigenvalue weighted by Gasteiger charge is -2.34. The van der Waals surface area contributed by atoms with E-state index < -0.39 is 0 Å². The molecule has 2 nitrogen and oxygen atoms in total. The van der Waals surface area contributed by atoms with Gasteiger partial charge in [-0.3, -0.25) is 4.79 Å². The highest BCUT2D eigenvalue weighted by molar-refractivity contribution is 6.45. The summed E-state index contributed by atoms with van der Waals surface area (Å²) >= 11 is 12.4. The molecule has 1 aromatic rings. The van der Waals surface area contributed by atoms with Gasteiger partial charge in [0.2, 0.25) is 0 Å². The molecule has 0 bridgehead atoms. The zero-order chi connectivity index (χ0) is 16.6. The number of carbonyl (C=O) groups is 1. The quantitative estimate of drug-likeness (QED) is 0.639. The Hall–Kier alpha value is -0.730. The number of Topliss-reactive ketones (excluding diaryl/α,β-unsaturated/α-hetero) is 1. The molecule has 2 aliphatic rings. The summed E-state index contributed by atoms with van der Waals surface area (Å²) in [6.45, 7) is 2.18. The van der Waals surface area contributed by atoms with E-state index in [1.165, 1.54) is 12.8 Å². The fourth-order valence-corrected chi connectivity index (χ4v) is 5.08. The number of ketones is 1. The Labute approximate surface area is 148 Å². The number of unbranched alkanes of at least 4 members (excludes halogenated alkanes) is 2. The highest BCUT2D eigenvalue weighted by Gasteiger charge is 2.51. The first-order chi connectivity index (χ1) is 11.0. The first-order valence-corrected chi connectivity index (χ1v) is 9.51. The zero-order valence-electron chi connectivity index (χ0n) is 13.6. The number of benzene rings is 1. The molecular weight excluding hydrogens is 331 g/mol. The predicted octanol–water partition coefficient (Wildman–Crippen LogP) is 6.19. The minimum Gasteiger partial charge on any atom is -0.506 e. The first-order valence-electron chi connectivity index (χ1n) is 8.76. The molecule has 0 saturated heterocycles. The molecular formula is C19H24Cl2O2. The van der Waals surface area contributed by atoms with E-state index in [2.05, 4.69) is 6.92 Å². The van der Waals surface area contributed by atoms with Gasteiger partial charge in [-0.25, -0.2) is 0 Å². The Morgan fingerprint density at radius 3 is 2.57 bits per heavy atom. The van der Waals surface area contributed by atoms with Gasteiger partial charge in [0, 0.05) is 11.0 Å². The Kier molecular flexibility index (Phi) is 4.94. The first kappa shape index (κ1) is 17.1. The van der Waals surface area contributed by atoms with E-state index in [1.54, 1.807) is 6.07 Å². The highest BCUT2D eigenvalue weighted by atomic mass is 35.5. The van der Waals surface area contributed by atoms with Crippen LogP contribution in [0.1, 0.15) is 74.2 Å². The fraction of sp³-hybridized carbons (Fsp3) is 0.632. The highest BCUT2D eigenvalue weighted by Crippen LogP contribution is 2.54. The Balaban J connectivity index is 2.01. The molecule has 0 radical (unpaired) electrons. The molecule has 4 heteroatoms. The van der Waals surface area contributed by atoms with Crippen molar-refractivity contribution < 1.29 is 9.90 Å². The van der Waals surface area contributed by atoms with Crippen LogP contribution < -0.4 is 0 Å². The number of phenolic OH excluding ortho intramolecular Hbond substituents is 1. The SMILES string of the molecule is CCCCCC1(C2CCCC2)Cc2cc(O)c(Cl)c(Cl)c2C1=O. The second kappa shape index (κ2) is 6.64. The fourth-order valence-electron chi connectivity index (χ4n) is 4.62. The molecule has 0 heterocycles. The third-order valence-electron chi connectivity index (χ3n) is 5.82.